The molecule has 4 nitrogen and oxygen atoms in total. The number of aromatic nitrogens is 2. The highest BCUT2D eigenvalue weighted by molar-refractivity contribution is 5.43. The summed E-state index contributed by atoms with van der Waals surface area (Å²) in [5.41, 5.74) is 8.47. The van der Waals surface area contributed by atoms with Crippen LogP contribution in [0.25, 0.3) is 0 Å². The fourth-order valence-corrected chi connectivity index (χ4v) is 2.78. The lowest BCUT2D eigenvalue weighted by Crippen LogP contribution is -2.20. The first-order valence-electron chi connectivity index (χ1n) is 6.57. The fourth-order valence-electron chi connectivity index (χ4n) is 2.78. The van der Waals surface area contributed by atoms with E-state index in [0.29, 0.717) is 5.92 Å². The maximum Gasteiger partial charge on any atom is 0.134 e. The first kappa shape index (κ1) is 11.0. The minimum Gasteiger partial charge on any atom is -0.383 e. The van der Waals surface area contributed by atoms with Crippen molar-refractivity contribution in [1.29, 1.82) is 0 Å². The number of ether oxygens (including phenoxy) is 1. The topological polar surface area (TPSA) is 61.0 Å². The second kappa shape index (κ2) is 4.61. The van der Waals surface area contributed by atoms with Gasteiger partial charge in [0.2, 0.25) is 0 Å². The van der Waals surface area contributed by atoms with Gasteiger partial charge in [0, 0.05) is 30.4 Å². The number of aryl methyl sites for hydroxylation is 1. The number of nitrogens with two attached hydrogens (primary N) is 1. The number of rotatable bonds is 1. The van der Waals surface area contributed by atoms with Gasteiger partial charge in [-0.3, -0.25) is 0 Å². The van der Waals surface area contributed by atoms with Crippen LogP contribution in [0.4, 0.5) is 5.82 Å². The van der Waals surface area contributed by atoms with Crippen LogP contribution >= 0.6 is 0 Å². The lowest BCUT2D eigenvalue weighted by molar-refractivity contribution is 0.0835. The van der Waals surface area contributed by atoms with Crippen LogP contribution in [0.3, 0.4) is 0 Å². The zero-order chi connectivity index (χ0) is 11.7. The molecule has 0 spiro atoms. The minimum absolute atomic E-state index is 0.443. The van der Waals surface area contributed by atoms with Crippen LogP contribution < -0.4 is 5.73 Å². The molecule has 1 aliphatic heterocycles. The molecule has 3 rings (SSSR count). The summed E-state index contributed by atoms with van der Waals surface area (Å²) < 4.78 is 5.38. The highest BCUT2D eigenvalue weighted by Gasteiger charge is 2.22. The van der Waals surface area contributed by atoms with Crippen molar-refractivity contribution < 1.29 is 4.74 Å². The van der Waals surface area contributed by atoms with Gasteiger partial charge in [-0.15, -0.1) is 0 Å². The number of anilines is 1. The van der Waals surface area contributed by atoms with E-state index in [9.17, 15) is 0 Å². The quantitative estimate of drug-likeness (QED) is 0.804. The number of hydrogen-bond acceptors (Lipinski definition) is 4. The third kappa shape index (κ3) is 2.14. The van der Waals surface area contributed by atoms with Gasteiger partial charge in [-0.05, 0) is 38.5 Å². The Morgan fingerprint density at radius 1 is 1.06 bits per heavy atom. The van der Waals surface area contributed by atoms with Crippen LogP contribution in [0.15, 0.2) is 0 Å². The van der Waals surface area contributed by atoms with Crippen LogP contribution in [0.1, 0.15) is 48.7 Å². The summed E-state index contributed by atoms with van der Waals surface area (Å²) in [6.07, 6.45) is 6.62. The molecule has 2 heterocycles. The molecule has 1 aromatic heterocycles. The van der Waals surface area contributed by atoms with E-state index in [1.807, 2.05) is 0 Å². The molecule has 0 aromatic carbocycles. The van der Waals surface area contributed by atoms with Crippen molar-refractivity contribution >= 4 is 5.82 Å². The maximum absolute atomic E-state index is 6.07. The molecular formula is C13H19N3O. The van der Waals surface area contributed by atoms with E-state index in [-0.39, 0.29) is 0 Å². The fraction of sp³-hybridized carbons (Fsp3) is 0.692. The highest BCUT2D eigenvalue weighted by atomic mass is 16.5. The molecule has 0 atom stereocenters. The lowest BCUT2D eigenvalue weighted by atomic mass is 9.94. The van der Waals surface area contributed by atoms with E-state index in [4.69, 9.17) is 15.5 Å². The number of nitrogens with zero attached hydrogens (tertiary/aromatic N) is 2. The third-order valence-electron chi connectivity index (χ3n) is 3.82. The van der Waals surface area contributed by atoms with Crippen LogP contribution in [0, 0.1) is 0 Å². The summed E-state index contributed by atoms with van der Waals surface area (Å²) in [4.78, 5) is 9.27. The average molecular weight is 233 g/mol. The Bertz CT molecular complexity index is 413. The van der Waals surface area contributed by atoms with E-state index in [1.54, 1.807) is 0 Å². The Balaban J connectivity index is 1.92. The Morgan fingerprint density at radius 2 is 1.82 bits per heavy atom. The monoisotopic (exact) mass is 233 g/mol. The van der Waals surface area contributed by atoms with Gasteiger partial charge in [0.25, 0.3) is 0 Å². The molecule has 0 unspecified atom stereocenters. The van der Waals surface area contributed by atoms with Crippen molar-refractivity contribution in [3.8, 4) is 0 Å². The molecule has 2 aliphatic rings. The summed E-state index contributed by atoms with van der Waals surface area (Å²) in [6, 6.07) is 0. The zero-order valence-electron chi connectivity index (χ0n) is 10.1. The van der Waals surface area contributed by atoms with Crippen molar-refractivity contribution in [3.05, 3.63) is 17.1 Å². The van der Waals surface area contributed by atoms with E-state index in [1.165, 1.54) is 24.1 Å². The SMILES string of the molecule is Nc1nc(C2CCOCC2)nc2c1CCCC2. The Hall–Kier alpha value is -1.16. The van der Waals surface area contributed by atoms with Crippen LogP contribution in [-0.2, 0) is 17.6 Å². The molecule has 0 bridgehead atoms. The van der Waals surface area contributed by atoms with Crippen LogP contribution in [-0.4, -0.2) is 23.2 Å². The predicted octanol–water partition coefficient (Wildman–Crippen LogP) is 1.83. The summed E-state index contributed by atoms with van der Waals surface area (Å²) in [7, 11) is 0. The molecule has 0 saturated carbocycles. The summed E-state index contributed by atoms with van der Waals surface area (Å²) in [6.45, 7) is 1.65. The van der Waals surface area contributed by atoms with Gasteiger partial charge in [0.15, 0.2) is 0 Å². The molecule has 1 saturated heterocycles. The van der Waals surface area contributed by atoms with E-state index in [2.05, 4.69) is 4.98 Å². The number of fused-ring (bicyclic) bond motifs is 1. The summed E-state index contributed by atoms with van der Waals surface area (Å²) in [5, 5.41) is 0. The van der Waals surface area contributed by atoms with E-state index >= 15 is 0 Å². The largest absolute Gasteiger partial charge is 0.383 e. The molecule has 1 aliphatic carbocycles. The van der Waals surface area contributed by atoms with Gasteiger partial charge in [-0.2, -0.15) is 0 Å². The Labute approximate surface area is 102 Å². The normalized spacial score (nSPS) is 21.2. The molecule has 1 fully saturated rings. The average Bonchev–Trinajstić information content (AvgIpc) is 2.40. The molecular weight excluding hydrogens is 214 g/mol. The Kier molecular flexibility index (Phi) is 2.97. The minimum atomic E-state index is 0.443. The van der Waals surface area contributed by atoms with Crippen molar-refractivity contribution in [2.24, 2.45) is 0 Å². The second-order valence-corrected chi connectivity index (χ2v) is 4.99. The smallest absolute Gasteiger partial charge is 0.134 e. The summed E-state index contributed by atoms with van der Waals surface area (Å²) in [5.74, 6) is 2.11. The molecule has 2 N–H and O–H groups in total. The van der Waals surface area contributed by atoms with Gasteiger partial charge in [-0.1, -0.05) is 0 Å². The maximum atomic E-state index is 6.07. The molecule has 17 heavy (non-hydrogen) atoms. The van der Waals surface area contributed by atoms with E-state index in [0.717, 1.165) is 50.5 Å². The number of hydrogen-bond donors (Lipinski definition) is 1. The highest BCUT2D eigenvalue weighted by Crippen LogP contribution is 2.29. The van der Waals surface area contributed by atoms with Crippen LogP contribution in [0.5, 0.6) is 0 Å². The first-order valence-corrected chi connectivity index (χ1v) is 6.57. The van der Waals surface area contributed by atoms with E-state index < -0.39 is 0 Å². The zero-order valence-corrected chi connectivity index (χ0v) is 10.1. The molecule has 1 aromatic rings. The van der Waals surface area contributed by atoms with Crippen molar-refractivity contribution in [3.63, 3.8) is 0 Å². The standard InChI is InChI=1S/C13H19N3O/c14-12-10-3-1-2-4-11(10)15-13(16-12)9-5-7-17-8-6-9/h9H,1-8H2,(H2,14,15,16). The number of nitrogen functional groups attached to an aromatic ring is 1. The van der Waals surface area contributed by atoms with Gasteiger partial charge in [0.05, 0.1) is 0 Å². The van der Waals surface area contributed by atoms with Gasteiger partial charge >= 0.3 is 0 Å². The van der Waals surface area contributed by atoms with Gasteiger partial charge in [0.1, 0.15) is 11.6 Å². The Morgan fingerprint density at radius 3 is 2.65 bits per heavy atom. The molecule has 4 heteroatoms. The van der Waals surface area contributed by atoms with Crippen molar-refractivity contribution in [1.82, 2.24) is 9.97 Å². The molecule has 92 valence electrons. The third-order valence-corrected chi connectivity index (χ3v) is 3.82. The lowest BCUT2D eigenvalue weighted by Gasteiger charge is -2.23. The van der Waals surface area contributed by atoms with Crippen molar-refractivity contribution in [2.45, 2.75) is 44.4 Å². The van der Waals surface area contributed by atoms with Crippen LogP contribution in [0.2, 0.25) is 0 Å². The van der Waals surface area contributed by atoms with Crippen molar-refractivity contribution in [2.75, 3.05) is 18.9 Å². The van der Waals surface area contributed by atoms with Gasteiger partial charge in [-0.25, -0.2) is 9.97 Å². The van der Waals surface area contributed by atoms with Gasteiger partial charge < -0.3 is 10.5 Å². The first-order chi connectivity index (χ1) is 8.34. The summed E-state index contributed by atoms with van der Waals surface area (Å²) >= 11 is 0. The molecule has 0 radical (unpaired) electrons. The molecule has 0 amide bonds. The predicted molar refractivity (Wildman–Crippen MR) is 65.9 cm³/mol. The second-order valence-electron chi connectivity index (χ2n) is 4.99.